The van der Waals surface area contributed by atoms with Gasteiger partial charge >= 0.3 is 0 Å². The molecule has 2 heterocycles. The van der Waals surface area contributed by atoms with Crippen LogP contribution in [0.4, 0.5) is 0 Å². The van der Waals surface area contributed by atoms with Crippen LogP contribution >= 0.6 is 0 Å². The summed E-state index contributed by atoms with van der Waals surface area (Å²) in [6.07, 6.45) is 0.187. The lowest BCUT2D eigenvalue weighted by molar-refractivity contribution is -0.166. The van der Waals surface area contributed by atoms with Crippen LogP contribution < -0.4 is 4.74 Å². The van der Waals surface area contributed by atoms with Crippen molar-refractivity contribution in [1.29, 1.82) is 0 Å². The first kappa shape index (κ1) is 12.9. The van der Waals surface area contributed by atoms with Gasteiger partial charge < -0.3 is 4.74 Å². The largest absolute Gasteiger partial charge is 0.493 e. The molecule has 3 heteroatoms. The van der Waals surface area contributed by atoms with Crippen LogP contribution in [0.5, 0.6) is 5.75 Å². The molecular formula is C18H19NO2. The molecule has 2 aromatic carbocycles. The molecule has 0 bridgehead atoms. The number of rotatable bonds is 2. The Bertz CT molecular complexity index is 628. The molecule has 4 rings (SSSR count). The fourth-order valence-electron chi connectivity index (χ4n) is 3.38. The van der Waals surface area contributed by atoms with Crippen molar-refractivity contribution >= 4 is 0 Å². The standard InChI is InChI=1S/C18H19NO2/c1-13-16-12-20-17-10-6-5-9-15(17)18(16)19(21-13)11-14-7-3-2-4-8-14/h2-10,13,16,18H,11-12H2,1H3/t13-,16-,18-/m0/s1. The normalized spacial score (nSPS) is 27.8. The minimum Gasteiger partial charge on any atom is -0.493 e. The van der Waals surface area contributed by atoms with Gasteiger partial charge in [-0.15, -0.1) is 0 Å². The van der Waals surface area contributed by atoms with Gasteiger partial charge in [-0.05, 0) is 18.6 Å². The summed E-state index contributed by atoms with van der Waals surface area (Å²) >= 11 is 0. The van der Waals surface area contributed by atoms with Gasteiger partial charge in [-0.25, -0.2) is 0 Å². The predicted molar refractivity (Wildman–Crippen MR) is 80.7 cm³/mol. The molecule has 0 spiro atoms. The van der Waals surface area contributed by atoms with Gasteiger partial charge in [0.1, 0.15) is 5.75 Å². The lowest BCUT2D eigenvalue weighted by Gasteiger charge is -2.31. The minimum absolute atomic E-state index is 0.187. The smallest absolute Gasteiger partial charge is 0.124 e. The Morgan fingerprint density at radius 3 is 2.67 bits per heavy atom. The molecule has 3 atom stereocenters. The van der Waals surface area contributed by atoms with Crippen molar-refractivity contribution in [2.24, 2.45) is 5.92 Å². The molecule has 0 N–H and O–H groups in total. The quantitative estimate of drug-likeness (QED) is 0.840. The molecule has 0 radical (unpaired) electrons. The van der Waals surface area contributed by atoms with E-state index in [1.165, 1.54) is 11.1 Å². The molecule has 2 aliphatic heterocycles. The highest BCUT2D eigenvalue weighted by molar-refractivity contribution is 5.38. The fourth-order valence-corrected chi connectivity index (χ4v) is 3.38. The van der Waals surface area contributed by atoms with Crippen LogP contribution in [-0.4, -0.2) is 17.8 Å². The van der Waals surface area contributed by atoms with E-state index in [1.807, 2.05) is 12.1 Å². The number of hydroxylamine groups is 2. The van der Waals surface area contributed by atoms with Crippen LogP contribution in [0, 0.1) is 5.92 Å². The summed E-state index contributed by atoms with van der Waals surface area (Å²) in [6.45, 7) is 3.68. The average Bonchev–Trinajstić information content (AvgIpc) is 2.85. The molecule has 1 fully saturated rings. The Morgan fingerprint density at radius 1 is 1.05 bits per heavy atom. The fraction of sp³-hybridized carbons (Fsp3) is 0.333. The first-order valence-electron chi connectivity index (χ1n) is 7.52. The zero-order valence-electron chi connectivity index (χ0n) is 12.1. The zero-order valence-corrected chi connectivity index (χ0v) is 12.1. The third-order valence-electron chi connectivity index (χ3n) is 4.47. The Kier molecular flexibility index (Phi) is 3.17. The molecule has 108 valence electrons. The van der Waals surface area contributed by atoms with Crippen molar-refractivity contribution in [3.05, 3.63) is 65.7 Å². The second-order valence-electron chi connectivity index (χ2n) is 5.83. The highest BCUT2D eigenvalue weighted by Crippen LogP contribution is 2.46. The molecule has 0 unspecified atom stereocenters. The Morgan fingerprint density at radius 2 is 1.81 bits per heavy atom. The predicted octanol–water partition coefficient (Wildman–Crippen LogP) is 3.57. The van der Waals surface area contributed by atoms with E-state index >= 15 is 0 Å². The number of benzene rings is 2. The SMILES string of the molecule is C[C@@H]1ON(Cc2ccccc2)[C@H]2c3ccccc3OC[C@@H]12. The van der Waals surface area contributed by atoms with Crippen LogP contribution in [0.25, 0.3) is 0 Å². The Labute approximate surface area is 125 Å². The third-order valence-corrected chi connectivity index (χ3v) is 4.47. The third kappa shape index (κ3) is 2.23. The highest BCUT2D eigenvalue weighted by atomic mass is 16.7. The molecule has 0 saturated carbocycles. The second kappa shape index (κ2) is 5.17. The molecule has 1 saturated heterocycles. The number of ether oxygens (including phenoxy) is 1. The van der Waals surface area contributed by atoms with Crippen LogP contribution in [0.1, 0.15) is 24.1 Å². The van der Waals surface area contributed by atoms with Crippen molar-refractivity contribution in [3.8, 4) is 5.75 Å². The van der Waals surface area contributed by atoms with E-state index in [1.54, 1.807) is 0 Å². The van der Waals surface area contributed by atoms with Gasteiger partial charge in [-0.1, -0.05) is 48.5 Å². The van der Waals surface area contributed by atoms with E-state index in [4.69, 9.17) is 9.57 Å². The number of nitrogens with zero attached hydrogens (tertiary/aromatic N) is 1. The summed E-state index contributed by atoms with van der Waals surface area (Å²) < 4.78 is 5.90. The molecule has 3 nitrogen and oxygen atoms in total. The molecule has 2 aliphatic rings. The van der Waals surface area contributed by atoms with E-state index in [2.05, 4.69) is 54.5 Å². The summed E-state index contributed by atoms with van der Waals surface area (Å²) in [5.74, 6) is 1.39. The summed E-state index contributed by atoms with van der Waals surface area (Å²) in [5, 5.41) is 2.13. The molecule has 0 aromatic heterocycles. The van der Waals surface area contributed by atoms with Gasteiger partial charge in [-0.3, -0.25) is 4.84 Å². The van der Waals surface area contributed by atoms with E-state index in [0.717, 1.165) is 18.9 Å². The number of para-hydroxylation sites is 1. The van der Waals surface area contributed by atoms with Crippen LogP contribution in [0.3, 0.4) is 0 Å². The Hall–Kier alpha value is -1.84. The number of fused-ring (bicyclic) bond motifs is 3. The number of hydrogen-bond acceptors (Lipinski definition) is 3. The molecule has 0 aliphatic carbocycles. The summed E-state index contributed by atoms with van der Waals surface area (Å²) in [6, 6.07) is 19.1. The van der Waals surface area contributed by atoms with Gasteiger partial charge in [0.05, 0.1) is 18.8 Å². The van der Waals surface area contributed by atoms with Crippen molar-refractivity contribution < 1.29 is 9.57 Å². The summed E-state index contributed by atoms with van der Waals surface area (Å²) in [5.41, 5.74) is 2.52. The van der Waals surface area contributed by atoms with Crippen molar-refractivity contribution in [3.63, 3.8) is 0 Å². The lowest BCUT2D eigenvalue weighted by Crippen LogP contribution is -2.31. The van der Waals surface area contributed by atoms with E-state index < -0.39 is 0 Å². The number of hydrogen-bond donors (Lipinski definition) is 0. The zero-order chi connectivity index (χ0) is 14.2. The van der Waals surface area contributed by atoms with Gasteiger partial charge in [0.25, 0.3) is 0 Å². The van der Waals surface area contributed by atoms with Crippen LogP contribution in [0.2, 0.25) is 0 Å². The first-order valence-corrected chi connectivity index (χ1v) is 7.52. The van der Waals surface area contributed by atoms with Gasteiger partial charge in [0.2, 0.25) is 0 Å². The topological polar surface area (TPSA) is 21.7 Å². The molecular weight excluding hydrogens is 262 g/mol. The maximum atomic E-state index is 6.12. The average molecular weight is 281 g/mol. The van der Waals surface area contributed by atoms with Gasteiger partial charge in [0, 0.05) is 18.0 Å². The second-order valence-corrected chi connectivity index (χ2v) is 5.83. The summed E-state index contributed by atoms with van der Waals surface area (Å²) in [4.78, 5) is 6.12. The maximum absolute atomic E-state index is 6.12. The van der Waals surface area contributed by atoms with Crippen LogP contribution in [0.15, 0.2) is 54.6 Å². The maximum Gasteiger partial charge on any atom is 0.124 e. The minimum atomic E-state index is 0.187. The van der Waals surface area contributed by atoms with E-state index in [0.29, 0.717) is 5.92 Å². The molecule has 21 heavy (non-hydrogen) atoms. The van der Waals surface area contributed by atoms with E-state index in [9.17, 15) is 0 Å². The molecule has 2 aromatic rings. The highest BCUT2D eigenvalue weighted by Gasteiger charge is 2.45. The van der Waals surface area contributed by atoms with Crippen molar-refractivity contribution in [1.82, 2.24) is 5.06 Å². The summed E-state index contributed by atoms with van der Waals surface area (Å²) in [7, 11) is 0. The van der Waals surface area contributed by atoms with Gasteiger partial charge in [0.15, 0.2) is 0 Å². The van der Waals surface area contributed by atoms with Crippen molar-refractivity contribution in [2.45, 2.75) is 25.6 Å². The molecule has 0 amide bonds. The Balaban J connectivity index is 1.67. The van der Waals surface area contributed by atoms with Crippen LogP contribution in [-0.2, 0) is 11.4 Å². The lowest BCUT2D eigenvalue weighted by atomic mass is 9.88. The van der Waals surface area contributed by atoms with Gasteiger partial charge in [-0.2, -0.15) is 5.06 Å². The monoisotopic (exact) mass is 281 g/mol. The first-order chi connectivity index (χ1) is 10.3. The van der Waals surface area contributed by atoms with E-state index in [-0.39, 0.29) is 12.1 Å². The van der Waals surface area contributed by atoms with Crippen molar-refractivity contribution in [2.75, 3.05) is 6.61 Å².